The maximum absolute atomic E-state index is 4.71. The number of aromatic nitrogens is 11. The minimum absolute atomic E-state index is 0.785. The van der Waals surface area contributed by atoms with Gasteiger partial charge in [0.1, 0.15) is 17.5 Å². The van der Waals surface area contributed by atoms with Crippen LogP contribution in [0.2, 0.25) is 0 Å². The molecule has 0 aliphatic carbocycles. The quantitative estimate of drug-likeness (QED) is 0.136. The van der Waals surface area contributed by atoms with Crippen LogP contribution < -0.4 is 0 Å². The van der Waals surface area contributed by atoms with Crippen molar-refractivity contribution in [1.29, 1.82) is 0 Å². The summed E-state index contributed by atoms with van der Waals surface area (Å²) in [6, 6.07) is 141. The lowest BCUT2D eigenvalue weighted by molar-refractivity contribution is 1.10. The van der Waals surface area contributed by atoms with E-state index in [4.69, 9.17) is 9.97 Å². The fourth-order valence-corrected chi connectivity index (χ4v) is 15.5. The number of hydrogen-bond acceptors (Lipinski definition) is 11. The number of benzene rings is 15. The Morgan fingerprint density at radius 3 is 1.03 bits per heavy atom. The Labute approximate surface area is 722 Å². The minimum Gasteiger partial charge on any atom is -0.256 e. The van der Waals surface area contributed by atoms with Gasteiger partial charge in [0.05, 0.1) is 61.6 Å². The smallest absolute Gasteiger partial charge is 0.160 e. The Kier molecular flexibility index (Phi) is 24.5. The number of nitrogens with zero attached hydrogens (tertiary/aromatic N) is 11. The molecule has 594 valence electrons. The van der Waals surface area contributed by atoms with Gasteiger partial charge < -0.3 is 0 Å². The number of aryl methyl sites for hydroxylation is 6. The zero-order valence-electron chi connectivity index (χ0n) is 69.8. The molecule has 7 aromatic heterocycles. The lowest BCUT2D eigenvalue weighted by Crippen LogP contribution is -1.94. The molecular weight excluding hydrogens is 1510 g/mol. The van der Waals surface area contributed by atoms with Gasteiger partial charge >= 0.3 is 0 Å². The Bertz CT molecular complexity index is 7150. The molecule has 0 bridgehead atoms. The van der Waals surface area contributed by atoms with E-state index >= 15 is 0 Å². The molecule has 11 heteroatoms. The van der Waals surface area contributed by atoms with Gasteiger partial charge in [-0.25, -0.2) is 44.9 Å². The first-order valence-electron chi connectivity index (χ1n) is 41.5. The van der Waals surface area contributed by atoms with Crippen molar-refractivity contribution >= 4 is 76.2 Å². The summed E-state index contributed by atoms with van der Waals surface area (Å²) in [7, 11) is 0. The third-order valence-corrected chi connectivity index (χ3v) is 21.5. The lowest BCUT2D eigenvalue weighted by Gasteiger charge is -2.10. The van der Waals surface area contributed by atoms with Crippen LogP contribution in [0.3, 0.4) is 0 Å². The van der Waals surface area contributed by atoms with Crippen molar-refractivity contribution < 1.29 is 0 Å². The maximum Gasteiger partial charge on any atom is 0.160 e. The highest BCUT2D eigenvalue weighted by Gasteiger charge is 2.15. The summed E-state index contributed by atoms with van der Waals surface area (Å²) in [6.07, 6.45) is 1.81. The first-order valence-corrected chi connectivity index (χ1v) is 41.5. The van der Waals surface area contributed by atoms with E-state index in [2.05, 4.69) is 301 Å². The molecule has 0 radical (unpaired) electrons. The van der Waals surface area contributed by atoms with E-state index in [9.17, 15) is 0 Å². The van der Waals surface area contributed by atoms with Crippen LogP contribution in [0.15, 0.2) is 419 Å². The molecule has 0 unspecified atom stereocenters. The molecule has 15 aromatic carbocycles. The summed E-state index contributed by atoms with van der Waals surface area (Å²) in [5.74, 6) is 3.17. The molecule has 22 aromatic rings. The van der Waals surface area contributed by atoms with Gasteiger partial charge in [-0.1, -0.05) is 352 Å². The summed E-state index contributed by atoms with van der Waals surface area (Å²) >= 11 is 0. The van der Waals surface area contributed by atoms with Crippen molar-refractivity contribution in [3.63, 3.8) is 0 Å². The van der Waals surface area contributed by atoms with Crippen molar-refractivity contribution in [1.82, 2.24) is 54.8 Å². The highest BCUT2D eigenvalue weighted by molar-refractivity contribution is 5.99. The highest BCUT2D eigenvalue weighted by Crippen LogP contribution is 2.36. The van der Waals surface area contributed by atoms with Gasteiger partial charge in [0.15, 0.2) is 5.82 Å². The normalized spacial score (nSPS) is 10.8. The SMILES string of the molecule is Cc1cc(-c2ccccc2)c2ccccc2n1.Cc1cc(-c2ccccc2)nc2ccccc12.Cc1nc(-c2ccc(-c3cccc4ccccc34)cc2)c2ccccc2n1.Cc1nc(-c2ccc(-c3ccccc3)cc2)c2ccccc2n1.Cc1nc(-c2ccc(-c3ccccn3)cc2)c2ccccc2n1.Cc1nc(-c2ccccc2)nc2ccccc12. The van der Waals surface area contributed by atoms with Crippen LogP contribution in [0.4, 0.5) is 0 Å². The maximum atomic E-state index is 4.71. The monoisotopic (exact) mass is 1600 g/mol. The van der Waals surface area contributed by atoms with Crippen LogP contribution in [0, 0.1) is 41.5 Å². The van der Waals surface area contributed by atoms with E-state index in [0.717, 1.165) is 146 Å². The Morgan fingerprint density at radius 1 is 0.185 bits per heavy atom. The second kappa shape index (κ2) is 37.9. The number of rotatable bonds is 9. The van der Waals surface area contributed by atoms with Crippen LogP contribution in [-0.2, 0) is 0 Å². The molecule has 0 atom stereocenters. The van der Waals surface area contributed by atoms with Crippen molar-refractivity contribution in [3.05, 3.63) is 453 Å². The molecule has 124 heavy (non-hydrogen) atoms. The molecule has 22 rings (SSSR count). The van der Waals surface area contributed by atoms with Crippen molar-refractivity contribution in [2.75, 3.05) is 0 Å². The molecule has 0 amide bonds. The van der Waals surface area contributed by atoms with Gasteiger partial charge in [0.2, 0.25) is 0 Å². The van der Waals surface area contributed by atoms with Crippen LogP contribution in [0.5, 0.6) is 0 Å². The molecular formula is C113H87N11. The van der Waals surface area contributed by atoms with Gasteiger partial charge in [0, 0.05) is 83.3 Å². The number of para-hydroxylation sites is 6. The van der Waals surface area contributed by atoms with E-state index in [-0.39, 0.29) is 0 Å². The van der Waals surface area contributed by atoms with Crippen molar-refractivity contribution in [2.24, 2.45) is 0 Å². The van der Waals surface area contributed by atoms with Crippen LogP contribution in [-0.4, -0.2) is 54.8 Å². The molecule has 0 fully saturated rings. The zero-order valence-corrected chi connectivity index (χ0v) is 69.8. The van der Waals surface area contributed by atoms with E-state index in [0.29, 0.717) is 0 Å². The van der Waals surface area contributed by atoms with E-state index < -0.39 is 0 Å². The molecule has 0 aliphatic heterocycles. The topological polar surface area (TPSA) is 142 Å². The van der Waals surface area contributed by atoms with Gasteiger partial charge in [-0.15, -0.1) is 0 Å². The van der Waals surface area contributed by atoms with E-state index in [1.807, 2.05) is 205 Å². The summed E-state index contributed by atoms with van der Waals surface area (Å²) in [4.78, 5) is 50.4. The second-order valence-corrected chi connectivity index (χ2v) is 30.2. The lowest BCUT2D eigenvalue weighted by atomic mass is 9.96. The number of pyridine rings is 3. The predicted molar refractivity (Wildman–Crippen MR) is 514 cm³/mol. The summed E-state index contributed by atoms with van der Waals surface area (Å²) in [5, 5.41) is 9.34. The van der Waals surface area contributed by atoms with Gasteiger partial charge in [-0.3, -0.25) is 9.97 Å². The number of hydrogen-bond donors (Lipinski definition) is 0. The van der Waals surface area contributed by atoms with Crippen molar-refractivity contribution in [3.8, 4) is 101 Å². The Balaban J connectivity index is 0.000000106. The average Bonchev–Trinajstić information content (AvgIpc) is 0.858. The van der Waals surface area contributed by atoms with E-state index in [1.54, 1.807) is 0 Å². The first kappa shape index (κ1) is 80.3. The summed E-state index contributed by atoms with van der Waals surface area (Å²) < 4.78 is 0. The molecule has 11 nitrogen and oxygen atoms in total. The predicted octanol–water partition coefficient (Wildman–Crippen LogP) is 28.4. The second-order valence-electron chi connectivity index (χ2n) is 30.2. The largest absolute Gasteiger partial charge is 0.256 e. The summed E-state index contributed by atoms with van der Waals surface area (Å²) in [5.41, 5.74) is 28.4. The van der Waals surface area contributed by atoms with Crippen LogP contribution in [0.25, 0.3) is 177 Å². The van der Waals surface area contributed by atoms with Crippen molar-refractivity contribution in [2.45, 2.75) is 41.5 Å². The molecule has 0 saturated carbocycles. The fourth-order valence-electron chi connectivity index (χ4n) is 15.5. The third kappa shape index (κ3) is 18.8. The molecule has 0 saturated heterocycles. The average molecular weight is 1600 g/mol. The fraction of sp³-hybridized carbons (Fsp3) is 0.0531. The van der Waals surface area contributed by atoms with Gasteiger partial charge in [0.25, 0.3) is 0 Å². The summed E-state index contributed by atoms with van der Waals surface area (Å²) in [6.45, 7) is 12.0. The third-order valence-electron chi connectivity index (χ3n) is 21.5. The van der Waals surface area contributed by atoms with E-state index in [1.165, 1.54) is 66.1 Å². The minimum atomic E-state index is 0.785. The molecule has 0 aliphatic rings. The molecule has 0 spiro atoms. The first-order chi connectivity index (χ1) is 60.9. The standard InChI is InChI=1S/C25H18N2.C21H16N2.C20H15N3.2C16H13N.C15H12N2/c1-17-26-24-12-5-4-10-23(24)25(27-17)20-15-13-19(14-16-20)22-11-6-8-18-7-2-3-9-21(18)22;1-15-22-20-10-6-5-9-19(20)21(23-15)18-13-11-17(12-14-18)16-7-3-2-4-8-16;1-14-22-19-8-3-2-6-17(19)20(23-14)16-11-9-15(10-12-16)18-7-4-5-13-21-18;1-12-11-15(13-7-3-2-4-8-13)14-9-5-6-10-16(14)17-12;1-12-11-16(13-7-3-2-4-8-13)17-15-10-6-5-9-14(12)15;1-11-13-9-5-6-10-14(13)17-15(16-11)12-7-3-2-4-8-12/h2-16H,1H3;2-14H,1H3;2-13H,1H3;2*2-11H,1H3;2-10H,1H3. The number of fused-ring (bicyclic) bond motifs is 7. The highest BCUT2D eigenvalue weighted by atomic mass is 14.9. The molecule has 0 N–H and O–H groups in total. The van der Waals surface area contributed by atoms with Crippen LogP contribution in [0.1, 0.15) is 34.4 Å². The Morgan fingerprint density at radius 2 is 0.532 bits per heavy atom. The molecule has 7 heterocycles. The Hall–Kier alpha value is -16.1. The van der Waals surface area contributed by atoms with Crippen LogP contribution >= 0.6 is 0 Å². The zero-order chi connectivity index (χ0) is 84.5. The van der Waals surface area contributed by atoms with Gasteiger partial charge in [-0.05, 0) is 152 Å². The van der Waals surface area contributed by atoms with Gasteiger partial charge in [-0.2, -0.15) is 0 Å².